The van der Waals surface area contributed by atoms with E-state index in [1.807, 2.05) is 0 Å². The van der Waals surface area contributed by atoms with E-state index in [0.717, 1.165) is 11.8 Å². The standard InChI is InChI=1S/C25H27F2N4O8P/c1-16(22(33)36-14-17-8-4-2-5-9-17)30-40(35,39-18-10-6-3-7-11-18)37-15-19-21(32)25(26,27)23(38-19)31-13-12-20(28)29-24(31)34/h2-13,16,19,21,23,32H,14-15H2,1H3,(H3,28,29,30,34,35)/p+1/t16-,19+,21?,23+,40-/m0/s1. The Bertz CT molecular complexity index is 1410. The average Bonchev–Trinajstić information content (AvgIpc) is 3.15. The summed E-state index contributed by atoms with van der Waals surface area (Å²) in [5, 5.41) is 12.7. The first-order chi connectivity index (χ1) is 19.0. The van der Waals surface area contributed by atoms with Gasteiger partial charge in [-0.3, -0.25) is 9.32 Å². The molecule has 1 saturated heterocycles. The fourth-order valence-electron chi connectivity index (χ4n) is 3.77. The molecule has 214 valence electrons. The van der Waals surface area contributed by atoms with Crippen LogP contribution in [0.2, 0.25) is 0 Å². The number of nitrogens with two attached hydrogens (primary N) is 1. The van der Waals surface area contributed by atoms with Gasteiger partial charge in [0.1, 0.15) is 30.7 Å². The molecule has 0 amide bonds. The van der Waals surface area contributed by atoms with Crippen LogP contribution in [0.5, 0.6) is 5.75 Å². The Morgan fingerprint density at radius 1 is 1.20 bits per heavy atom. The number of H-pyrrole nitrogens is 1. The zero-order valence-corrected chi connectivity index (χ0v) is 22.1. The Balaban J connectivity index is 1.47. The van der Waals surface area contributed by atoms with Gasteiger partial charge in [-0.25, -0.2) is 4.57 Å². The third-order valence-electron chi connectivity index (χ3n) is 5.84. The summed E-state index contributed by atoms with van der Waals surface area (Å²) in [4.78, 5) is 26.9. The number of nitrogen functional groups attached to an aromatic ring is 1. The second-order valence-corrected chi connectivity index (χ2v) is 10.6. The number of anilines is 1. The minimum atomic E-state index is -4.45. The molecule has 1 aromatic heterocycles. The number of benzene rings is 2. The number of para-hydroxylation sites is 1. The van der Waals surface area contributed by atoms with E-state index in [0.29, 0.717) is 4.57 Å². The van der Waals surface area contributed by atoms with Gasteiger partial charge in [-0.05, 0) is 24.6 Å². The van der Waals surface area contributed by atoms with Gasteiger partial charge in [0.15, 0.2) is 11.9 Å². The number of carbonyl (C=O) groups excluding carboxylic acids is 1. The molecule has 5 atom stereocenters. The van der Waals surface area contributed by atoms with Crippen molar-refractivity contribution < 1.29 is 46.3 Å². The van der Waals surface area contributed by atoms with Crippen LogP contribution in [0.15, 0.2) is 77.7 Å². The monoisotopic (exact) mass is 581 g/mol. The Hall–Kier alpha value is -3.68. The van der Waals surface area contributed by atoms with Gasteiger partial charge in [-0.1, -0.05) is 48.5 Å². The molecule has 2 aromatic carbocycles. The van der Waals surface area contributed by atoms with Crippen molar-refractivity contribution >= 4 is 19.5 Å². The summed E-state index contributed by atoms with van der Waals surface area (Å²) >= 11 is 0. The fourth-order valence-corrected chi connectivity index (χ4v) is 5.28. The SMILES string of the molecule is C[C@H](N[P@](=O)(OC[C@H]1O[C@@H]([n+]2ccc(N)[nH]c2=O)C(F)(F)C1O)Oc1ccccc1)C(=O)OCc1ccccc1. The van der Waals surface area contributed by atoms with E-state index in [9.17, 15) is 28.0 Å². The molecule has 1 aliphatic heterocycles. The maximum Gasteiger partial charge on any atom is 0.499 e. The highest BCUT2D eigenvalue weighted by Gasteiger charge is 2.62. The zero-order chi connectivity index (χ0) is 28.9. The summed E-state index contributed by atoms with van der Waals surface area (Å²) in [6.07, 6.45) is -5.41. The van der Waals surface area contributed by atoms with Crippen LogP contribution < -0.4 is 25.6 Å². The Kier molecular flexibility index (Phi) is 8.96. The van der Waals surface area contributed by atoms with Crippen LogP contribution in [-0.2, 0) is 30.0 Å². The van der Waals surface area contributed by atoms with E-state index in [4.69, 9.17) is 24.3 Å². The minimum Gasteiger partial charge on any atom is -0.460 e. The van der Waals surface area contributed by atoms with E-state index in [1.165, 1.54) is 25.1 Å². The average molecular weight is 581 g/mol. The molecule has 4 rings (SSSR count). The third kappa shape index (κ3) is 6.90. The van der Waals surface area contributed by atoms with E-state index >= 15 is 0 Å². The summed E-state index contributed by atoms with van der Waals surface area (Å²) in [5.74, 6) is -4.70. The second-order valence-electron chi connectivity index (χ2n) is 8.90. The van der Waals surface area contributed by atoms with Crippen molar-refractivity contribution in [2.45, 2.75) is 43.9 Å². The topological polar surface area (TPSA) is 166 Å². The number of esters is 1. The fraction of sp³-hybridized carbons (Fsp3) is 0.320. The number of hydrogen-bond donors (Lipinski definition) is 4. The number of carbonyl (C=O) groups is 1. The summed E-state index contributed by atoms with van der Waals surface area (Å²) in [7, 11) is -4.45. The predicted octanol–water partition coefficient (Wildman–Crippen LogP) is 2.06. The van der Waals surface area contributed by atoms with Gasteiger partial charge in [-0.2, -0.15) is 28.2 Å². The first-order valence-corrected chi connectivity index (χ1v) is 13.6. The molecule has 5 N–H and O–H groups in total. The molecule has 12 nitrogen and oxygen atoms in total. The largest absolute Gasteiger partial charge is 0.499 e. The van der Waals surface area contributed by atoms with E-state index in [-0.39, 0.29) is 18.2 Å². The number of aromatic nitrogens is 2. The molecule has 0 radical (unpaired) electrons. The van der Waals surface area contributed by atoms with Crippen LogP contribution >= 0.6 is 7.75 Å². The highest BCUT2D eigenvalue weighted by molar-refractivity contribution is 7.52. The summed E-state index contributed by atoms with van der Waals surface area (Å²) in [6.45, 7) is 0.452. The molecule has 0 saturated carbocycles. The van der Waals surface area contributed by atoms with Crippen molar-refractivity contribution in [1.29, 1.82) is 0 Å². The lowest BCUT2D eigenvalue weighted by Gasteiger charge is -2.24. The lowest BCUT2D eigenvalue weighted by molar-refractivity contribution is -0.789. The molecule has 40 heavy (non-hydrogen) atoms. The molecular weight excluding hydrogens is 553 g/mol. The number of aliphatic hydroxyl groups is 1. The van der Waals surface area contributed by atoms with Crippen LogP contribution in [0, 0.1) is 0 Å². The van der Waals surface area contributed by atoms with Crippen LogP contribution in [-0.4, -0.2) is 46.8 Å². The quantitative estimate of drug-likeness (QED) is 0.150. The number of nitrogens with zero attached hydrogens (tertiary/aromatic N) is 1. The summed E-state index contributed by atoms with van der Waals surface area (Å²) in [5.41, 5.74) is 5.19. The van der Waals surface area contributed by atoms with E-state index in [2.05, 4.69) is 10.1 Å². The number of alkyl halides is 2. The van der Waals surface area contributed by atoms with Crippen molar-refractivity contribution in [3.63, 3.8) is 0 Å². The number of aromatic amines is 1. The maximum atomic E-state index is 14.9. The highest BCUT2D eigenvalue weighted by atomic mass is 31.2. The van der Waals surface area contributed by atoms with Gasteiger partial charge in [0.05, 0.1) is 6.61 Å². The van der Waals surface area contributed by atoms with Crippen LogP contribution in [0.4, 0.5) is 14.6 Å². The lowest BCUT2D eigenvalue weighted by Crippen LogP contribution is -2.60. The number of aliphatic hydroxyl groups excluding tert-OH is 1. The predicted molar refractivity (Wildman–Crippen MR) is 136 cm³/mol. The van der Waals surface area contributed by atoms with Crippen molar-refractivity contribution in [3.05, 3.63) is 89.0 Å². The molecule has 1 aliphatic rings. The zero-order valence-electron chi connectivity index (χ0n) is 21.2. The Morgan fingerprint density at radius 3 is 2.50 bits per heavy atom. The number of halogens is 2. The van der Waals surface area contributed by atoms with Crippen LogP contribution in [0.25, 0.3) is 0 Å². The van der Waals surface area contributed by atoms with Crippen molar-refractivity contribution in [2.24, 2.45) is 0 Å². The van der Waals surface area contributed by atoms with E-state index in [1.54, 1.807) is 48.5 Å². The molecule has 2 heterocycles. The van der Waals surface area contributed by atoms with Gasteiger partial charge < -0.3 is 24.8 Å². The maximum absolute atomic E-state index is 14.9. The number of ether oxygens (including phenoxy) is 2. The van der Waals surface area contributed by atoms with Gasteiger partial charge >= 0.3 is 25.3 Å². The van der Waals surface area contributed by atoms with Crippen molar-refractivity contribution in [1.82, 2.24) is 10.1 Å². The van der Waals surface area contributed by atoms with Crippen LogP contribution in [0.1, 0.15) is 18.7 Å². The van der Waals surface area contributed by atoms with Crippen molar-refractivity contribution in [2.75, 3.05) is 12.3 Å². The van der Waals surface area contributed by atoms with Gasteiger partial charge in [0, 0.05) is 6.07 Å². The molecule has 1 fully saturated rings. The highest BCUT2D eigenvalue weighted by Crippen LogP contribution is 2.47. The first kappa shape index (κ1) is 29.3. The minimum absolute atomic E-state index is 0.0447. The summed E-state index contributed by atoms with van der Waals surface area (Å²) in [6, 6.07) is 16.6. The number of rotatable bonds is 11. The molecule has 0 bridgehead atoms. The van der Waals surface area contributed by atoms with Gasteiger partial charge in [0.25, 0.3) is 6.23 Å². The van der Waals surface area contributed by atoms with Crippen molar-refractivity contribution in [3.8, 4) is 5.75 Å². The van der Waals surface area contributed by atoms with Crippen LogP contribution in [0.3, 0.4) is 0 Å². The normalized spacial score (nSPS) is 22.2. The molecule has 15 heteroatoms. The molecular formula is C25H28F2N4O8P+. The Labute approximate surface area is 227 Å². The van der Waals surface area contributed by atoms with E-state index < -0.39 is 56.4 Å². The lowest BCUT2D eigenvalue weighted by atomic mass is 10.1. The number of nitrogens with one attached hydrogen (secondary N) is 2. The first-order valence-electron chi connectivity index (χ1n) is 12.1. The third-order valence-corrected chi connectivity index (χ3v) is 7.48. The van der Waals surface area contributed by atoms with Gasteiger partial charge in [-0.15, -0.1) is 0 Å². The molecule has 1 unspecified atom stereocenters. The smallest absolute Gasteiger partial charge is 0.460 e. The molecule has 3 aromatic rings. The Morgan fingerprint density at radius 2 is 1.85 bits per heavy atom. The number of hydrogen-bond acceptors (Lipinski definition) is 9. The molecule has 0 spiro atoms. The molecule has 0 aliphatic carbocycles. The summed E-state index contributed by atoms with van der Waals surface area (Å²) < 4.78 is 65.4. The van der Waals surface area contributed by atoms with Gasteiger partial charge in [0.2, 0.25) is 0 Å². The second kappa shape index (κ2) is 12.2.